The van der Waals surface area contributed by atoms with Gasteiger partial charge in [0.25, 0.3) is 0 Å². The standard InChI is InChI=1S/C14H20O2/c1-11(9-15)12-4-3-5-13(8-12)14(6-7-14)10-16-2/h3-5,8,11,15H,6-7,9-10H2,1-2H3. The molecule has 0 heterocycles. The molecule has 0 aromatic heterocycles. The van der Waals surface area contributed by atoms with Crippen molar-refractivity contribution >= 4 is 0 Å². The Morgan fingerprint density at radius 1 is 1.44 bits per heavy atom. The Hall–Kier alpha value is -0.860. The van der Waals surface area contributed by atoms with Gasteiger partial charge in [0.2, 0.25) is 0 Å². The highest BCUT2D eigenvalue weighted by Gasteiger charge is 2.44. The van der Waals surface area contributed by atoms with Gasteiger partial charge in [-0.05, 0) is 24.0 Å². The summed E-state index contributed by atoms with van der Waals surface area (Å²) in [6, 6.07) is 8.59. The van der Waals surface area contributed by atoms with Crippen LogP contribution in [0.15, 0.2) is 24.3 Å². The molecule has 1 saturated carbocycles. The summed E-state index contributed by atoms with van der Waals surface area (Å²) in [5, 5.41) is 9.18. The quantitative estimate of drug-likeness (QED) is 0.826. The summed E-state index contributed by atoms with van der Waals surface area (Å²) in [6.07, 6.45) is 2.44. The Morgan fingerprint density at radius 3 is 2.75 bits per heavy atom. The van der Waals surface area contributed by atoms with E-state index in [1.54, 1.807) is 7.11 Å². The summed E-state index contributed by atoms with van der Waals surface area (Å²) in [7, 11) is 1.76. The minimum absolute atomic E-state index is 0.209. The molecular formula is C14H20O2. The molecule has 88 valence electrons. The fourth-order valence-electron chi connectivity index (χ4n) is 2.22. The number of rotatable bonds is 5. The van der Waals surface area contributed by atoms with Crippen LogP contribution < -0.4 is 0 Å². The number of benzene rings is 1. The van der Waals surface area contributed by atoms with Crippen LogP contribution in [0, 0.1) is 0 Å². The summed E-state index contributed by atoms with van der Waals surface area (Å²) in [5.74, 6) is 0.221. The van der Waals surface area contributed by atoms with Gasteiger partial charge < -0.3 is 9.84 Å². The third kappa shape index (κ3) is 2.13. The van der Waals surface area contributed by atoms with Crippen LogP contribution in [0.25, 0.3) is 0 Å². The van der Waals surface area contributed by atoms with Crippen LogP contribution in [0.5, 0.6) is 0 Å². The molecule has 2 nitrogen and oxygen atoms in total. The zero-order valence-corrected chi connectivity index (χ0v) is 10.1. The number of ether oxygens (including phenoxy) is 1. The Labute approximate surface area is 97.3 Å². The smallest absolute Gasteiger partial charge is 0.0559 e. The van der Waals surface area contributed by atoms with Crippen LogP contribution in [0.3, 0.4) is 0 Å². The van der Waals surface area contributed by atoms with Crippen molar-refractivity contribution in [3.05, 3.63) is 35.4 Å². The molecular weight excluding hydrogens is 200 g/mol. The van der Waals surface area contributed by atoms with Gasteiger partial charge in [0.15, 0.2) is 0 Å². The fourth-order valence-corrected chi connectivity index (χ4v) is 2.22. The lowest BCUT2D eigenvalue weighted by Gasteiger charge is -2.17. The van der Waals surface area contributed by atoms with E-state index in [1.165, 1.54) is 24.0 Å². The number of aliphatic hydroxyl groups is 1. The van der Waals surface area contributed by atoms with Gasteiger partial charge in [-0.15, -0.1) is 0 Å². The zero-order valence-electron chi connectivity index (χ0n) is 10.1. The minimum atomic E-state index is 0.209. The Balaban J connectivity index is 2.22. The zero-order chi connectivity index (χ0) is 11.6. The lowest BCUT2D eigenvalue weighted by molar-refractivity contribution is 0.171. The fraction of sp³-hybridized carbons (Fsp3) is 0.571. The molecule has 1 aliphatic rings. The monoisotopic (exact) mass is 220 g/mol. The van der Waals surface area contributed by atoms with Gasteiger partial charge in [0.05, 0.1) is 6.61 Å². The van der Waals surface area contributed by atoms with Crippen LogP contribution in [0.2, 0.25) is 0 Å². The maximum Gasteiger partial charge on any atom is 0.0559 e. The highest BCUT2D eigenvalue weighted by atomic mass is 16.5. The van der Waals surface area contributed by atoms with Crippen molar-refractivity contribution in [1.29, 1.82) is 0 Å². The number of hydrogen-bond acceptors (Lipinski definition) is 2. The topological polar surface area (TPSA) is 29.5 Å². The summed E-state index contributed by atoms with van der Waals surface area (Å²) in [6.45, 7) is 3.07. The molecule has 1 unspecified atom stereocenters. The minimum Gasteiger partial charge on any atom is -0.396 e. The molecule has 1 atom stereocenters. The molecule has 16 heavy (non-hydrogen) atoms. The average Bonchev–Trinajstić information content (AvgIpc) is 3.10. The molecule has 0 saturated heterocycles. The second kappa shape index (κ2) is 4.56. The molecule has 0 radical (unpaired) electrons. The maximum absolute atomic E-state index is 9.18. The molecule has 0 amide bonds. The van der Waals surface area contributed by atoms with Crippen LogP contribution in [-0.4, -0.2) is 25.4 Å². The first-order chi connectivity index (χ1) is 7.72. The van der Waals surface area contributed by atoms with E-state index in [9.17, 15) is 5.11 Å². The second-order valence-corrected chi connectivity index (χ2v) is 4.92. The molecule has 0 bridgehead atoms. The van der Waals surface area contributed by atoms with Crippen molar-refractivity contribution in [2.75, 3.05) is 20.3 Å². The van der Waals surface area contributed by atoms with E-state index in [-0.39, 0.29) is 17.9 Å². The SMILES string of the molecule is COCC1(c2cccc(C(C)CO)c2)CC1. The van der Waals surface area contributed by atoms with E-state index >= 15 is 0 Å². The van der Waals surface area contributed by atoms with E-state index in [4.69, 9.17) is 4.74 Å². The number of hydrogen-bond donors (Lipinski definition) is 1. The largest absolute Gasteiger partial charge is 0.396 e. The molecule has 2 rings (SSSR count). The van der Waals surface area contributed by atoms with Crippen molar-refractivity contribution in [3.8, 4) is 0 Å². The molecule has 1 aromatic carbocycles. The van der Waals surface area contributed by atoms with Gasteiger partial charge in [-0.1, -0.05) is 31.2 Å². The third-order valence-corrected chi connectivity index (χ3v) is 3.62. The van der Waals surface area contributed by atoms with Crippen LogP contribution >= 0.6 is 0 Å². The Bertz CT molecular complexity index is 356. The van der Waals surface area contributed by atoms with Crippen molar-refractivity contribution < 1.29 is 9.84 Å². The van der Waals surface area contributed by atoms with E-state index in [0.717, 1.165) is 6.61 Å². The highest BCUT2D eigenvalue weighted by molar-refractivity contribution is 5.36. The molecule has 0 aliphatic heterocycles. The second-order valence-electron chi connectivity index (χ2n) is 4.92. The average molecular weight is 220 g/mol. The van der Waals surface area contributed by atoms with Crippen molar-refractivity contribution in [1.82, 2.24) is 0 Å². The molecule has 1 aliphatic carbocycles. The summed E-state index contributed by atoms with van der Waals surface area (Å²) in [4.78, 5) is 0. The van der Waals surface area contributed by atoms with Gasteiger partial charge in [-0.2, -0.15) is 0 Å². The lowest BCUT2D eigenvalue weighted by atomic mass is 9.92. The first-order valence-corrected chi connectivity index (χ1v) is 5.92. The predicted molar refractivity (Wildman–Crippen MR) is 64.7 cm³/mol. The third-order valence-electron chi connectivity index (χ3n) is 3.62. The maximum atomic E-state index is 9.18. The van der Waals surface area contributed by atoms with Crippen LogP contribution in [-0.2, 0) is 10.2 Å². The molecule has 2 heteroatoms. The molecule has 1 fully saturated rings. The van der Waals surface area contributed by atoms with Gasteiger partial charge in [0, 0.05) is 25.0 Å². The summed E-state index contributed by atoms with van der Waals surface area (Å²) < 4.78 is 5.30. The van der Waals surface area contributed by atoms with Crippen molar-refractivity contribution in [2.45, 2.75) is 31.1 Å². The van der Waals surface area contributed by atoms with E-state index in [2.05, 4.69) is 31.2 Å². The van der Waals surface area contributed by atoms with Crippen molar-refractivity contribution in [2.24, 2.45) is 0 Å². The first-order valence-electron chi connectivity index (χ1n) is 5.92. The molecule has 1 aromatic rings. The highest BCUT2D eigenvalue weighted by Crippen LogP contribution is 2.48. The lowest BCUT2D eigenvalue weighted by Crippen LogP contribution is -2.14. The Kier molecular flexibility index (Phi) is 3.31. The molecule has 0 spiro atoms. The summed E-state index contributed by atoms with van der Waals surface area (Å²) in [5.41, 5.74) is 2.86. The Morgan fingerprint density at radius 2 is 2.19 bits per heavy atom. The van der Waals surface area contributed by atoms with Gasteiger partial charge in [-0.3, -0.25) is 0 Å². The van der Waals surface area contributed by atoms with Crippen molar-refractivity contribution in [3.63, 3.8) is 0 Å². The number of methoxy groups -OCH3 is 1. The van der Waals surface area contributed by atoms with E-state index in [1.807, 2.05) is 0 Å². The number of aliphatic hydroxyl groups excluding tert-OH is 1. The van der Waals surface area contributed by atoms with Gasteiger partial charge in [0.1, 0.15) is 0 Å². The van der Waals surface area contributed by atoms with Gasteiger partial charge in [-0.25, -0.2) is 0 Å². The van der Waals surface area contributed by atoms with Gasteiger partial charge >= 0.3 is 0 Å². The summed E-state index contributed by atoms with van der Waals surface area (Å²) >= 11 is 0. The normalized spacial score (nSPS) is 19.4. The van der Waals surface area contributed by atoms with Crippen LogP contribution in [0.4, 0.5) is 0 Å². The first kappa shape index (κ1) is 11.6. The predicted octanol–water partition coefficient (Wildman–Crippen LogP) is 2.46. The van der Waals surface area contributed by atoms with Crippen LogP contribution in [0.1, 0.15) is 36.8 Å². The molecule has 1 N–H and O–H groups in total. The van der Waals surface area contributed by atoms with E-state index in [0.29, 0.717) is 0 Å². The van der Waals surface area contributed by atoms with E-state index < -0.39 is 0 Å².